The van der Waals surface area contributed by atoms with Crippen LogP contribution in [0.1, 0.15) is 40.3 Å². The van der Waals surface area contributed by atoms with Gasteiger partial charge < -0.3 is 14.4 Å². The standard InChI is InChI=1S/C22H24N4O3/c1-3-16-7-9-19(10-8-16)26-11-12-29-21(26)20-15-25(24-23-20)14-17-5-4-6-18(13-17)22(27)28-2/h4-10,13,15,21H,3,11-12,14H2,1-2H3. The Bertz CT molecular complexity index is 984. The normalized spacial score (nSPS) is 16.2. The minimum absolute atomic E-state index is 0.252. The lowest BCUT2D eigenvalue weighted by molar-refractivity contribution is 0.0600. The van der Waals surface area contributed by atoms with Crippen LogP contribution in [0.2, 0.25) is 0 Å². The van der Waals surface area contributed by atoms with E-state index in [-0.39, 0.29) is 12.2 Å². The van der Waals surface area contributed by atoms with Gasteiger partial charge in [-0.25, -0.2) is 9.48 Å². The van der Waals surface area contributed by atoms with Gasteiger partial charge in [0.1, 0.15) is 5.69 Å². The predicted molar refractivity (Wildman–Crippen MR) is 109 cm³/mol. The predicted octanol–water partition coefficient (Wildman–Crippen LogP) is 3.21. The van der Waals surface area contributed by atoms with Gasteiger partial charge in [0.05, 0.1) is 32.0 Å². The minimum Gasteiger partial charge on any atom is -0.465 e. The molecule has 7 heteroatoms. The van der Waals surface area contributed by atoms with Gasteiger partial charge in [-0.1, -0.05) is 36.4 Å². The van der Waals surface area contributed by atoms with Gasteiger partial charge in [-0.15, -0.1) is 5.10 Å². The minimum atomic E-state index is -0.352. The second-order valence-electron chi connectivity index (χ2n) is 6.97. The van der Waals surface area contributed by atoms with Crippen LogP contribution in [0.4, 0.5) is 5.69 Å². The molecule has 0 saturated carbocycles. The Morgan fingerprint density at radius 3 is 2.79 bits per heavy atom. The summed E-state index contributed by atoms with van der Waals surface area (Å²) in [7, 11) is 1.38. The van der Waals surface area contributed by atoms with E-state index in [9.17, 15) is 4.79 Å². The van der Waals surface area contributed by atoms with Crippen LogP contribution in [-0.2, 0) is 22.4 Å². The Labute approximate surface area is 169 Å². The summed E-state index contributed by atoms with van der Waals surface area (Å²) in [5.74, 6) is -0.352. The van der Waals surface area contributed by atoms with Crippen LogP contribution < -0.4 is 4.90 Å². The van der Waals surface area contributed by atoms with E-state index in [1.54, 1.807) is 16.8 Å². The summed E-state index contributed by atoms with van der Waals surface area (Å²) in [5, 5.41) is 8.58. The molecule has 1 unspecified atom stereocenters. The molecule has 3 aromatic rings. The summed E-state index contributed by atoms with van der Waals surface area (Å²) in [4.78, 5) is 13.9. The summed E-state index contributed by atoms with van der Waals surface area (Å²) in [6.07, 6.45) is 2.66. The van der Waals surface area contributed by atoms with Crippen LogP contribution in [0.15, 0.2) is 54.7 Å². The molecule has 0 radical (unpaired) electrons. The van der Waals surface area contributed by atoms with Gasteiger partial charge in [0.2, 0.25) is 0 Å². The Balaban J connectivity index is 1.50. The van der Waals surface area contributed by atoms with Crippen LogP contribution in [0.25, 0.3) is 0 Å². The number of hydrogen-bond acceptors (Lipinski definition) is 6. The van der Waals surface area contributed by atoms with Gasteiger partial charge in [0, 0.05) is 12.2 Å². The Hall–Kier alpha value is -3.19. The highest BCUT2D eigenvalue weighted by Gasteiger charge is 2.29. The zero-order valence-electron chi connectivity index (χ0n) is 16.6. The van der Waals surface area contributed by atoms with Crippen LogP contribution in [-0.4, -0.2) is 41.2 Å². The molecule has 0 spiro atoms. The molecule has 1 aromatic heterocycles. The van der Waals surface area contributed by atoms with Crippen molar-refractivity contribution in [3.63, 3.8) is 0 Å². The molecule has 1 aliphatic heterocycles. The van der Waals surface area contributed by atoms with E-state index >= 15 is 0 Å². The quantitative estimate of drug-likeness (QED) is 0.600. The number of carbonyl (C=O) groups excluding carboxylic acids is 1. The molecule has 1 aliphatic rings. The fourth-order valence-corrected chi connectivity index (χ4v) is 3.51. The molecule has 1 saturated heterocycles. The molecule has 2 aromatic carbocycles. The topological polar surface area (TPSA) is 69.5 Å². The highest BCUT2D eigenvalue weighted by atomic mass is 16.5. The number of nitrogens with zero attached hydrogens (tertiary/aromatic N) is 4. The van der Waals surface area contributed by atoms with Crippen LogP contribution in [0.3, 0.4) is 0 Å². The van der Waals surface area contributed by atoms with Gasteiger partial charge in [-0.05, 0) is 41.8 Å². The summed E-state index contributed by atoms with van der Waals surface area (Å²) in [6.45, 7) is 4.12. The maximum absolute atomic E-state index is 11.7. The van der Waals surface area contributed by atoms with E-state index in [1.807, 2.05) is 18.3 Å². The third kappa shape index (κ3) is 4.14. The Kier molecular flexibility index (Phi) is 5.57. The Morgan fingerprint density at radius 1 is 1.21 bits per heavy atom. The van der Waals surface area contributed by atoms with Crippen molar-refractivity contribution in [3.8, 4) is 0 Å². The second kappa shape index (κ2) is 8.45. The zero-order valence-corrected chi connectivity index (χ0v) is 16.6. The maximum Gasteiger partial charge on any atom is 0.337 e. The van der Waals surface area contributed by atoms with E-state index < -0.39 is 0 Å². The zero-order chi connectivity index (χ0) is 20.2. The number of anilines is 1. The summed E-state index contributed by atoms with van der Waals surface area (Å²) >= 11 is 0. The average Bonchev–Trinajstić information content (AvgIpc) is 3.43. The number of hydrogen-bond donors (Lipinski definition) is 0. The molecular weight excluding hydrogens is 368 g/mol. The summed E-state index contributed by atoms with van der Waals surface area (Å²) in [5.41, 5.74) is 4.66. The molecule has 2 heterocycles. The highest BCUT2D eigenvalue weighted by molar-refractivity contribution is 5.89. The fraction of sp³-hybridized carbons (Fsp3) is 0.318. The lowest BCUT2D eigenvalue weighted by Crippen LogP contribution is -2.23. The van der Waals surface area contributed by atoms with E-state index in [4.69, 9.17) is 9.47 Å². The molecule has 0 N–H and O–H groups in total. The van der Waals surface area contributed by atoms with Crippen molar-refractivity contribution in [3.05, 3.63) is 77.1 Å². The van der Waals surface area contributed by atoms with Crippen molar-refractivity contribution in [1.82, 2.24) is 15.0 Å². The Morgan fingerprint density at radius 2 is 2.03 bits per heavy atom. The molecule has 7 nitrogen and oxygen atoms in total. The number of aryl methyl sites for hydroxylation is 1. The number of ether oxygens (including phenoxy) is 2. The largest absolute Gasteiger partial charge is 0.465 e. The first kappa shape index (κ1) is 19.1. The van der Waals surface area contributed by atoms with E-state index in [1.165, 1.54) is 12.7 Å². The first-order valence-corrected chi connectivity index (χ1v) is 9.72. The first-order chi connectivity index (χ1) is 14.2. The van der Waals surface area contributed by atoms with Crippen molar-refractivity contribution in [1.29, 1.82) is 0 Å². The molecule has 0 bridgehead atoms. The van der Waals surface area contributed by atoms with Gasteiger partial charge in [0.15, 0.2) is 6.23 Å². The maximum atomic E-state index is 11.7. The van der Waals surface area contributed by atoms with Crippen molar-refractivity contribution >= 4 is 11.7 Å². The van der Waals surface area contributed by atoms with Crippen molar-refractivity contribution in [2.45, 2.75) is 26.1 Å². The smallest absolute Gasteiger partial charge is 0.337 e. The van der Waals surface area contributed by atoms with E-state index in [2.05, 4.69) is 46.4 Å². The van der Waals surface area contributed by atoms with Crippen molar-refractivity contribution in [2.24, 2.45) is 0 Å². The van der Waals surface area contributed by atoms with Crippen LogP contribution in [0, 0.1) is 0 Å². The van der Waals surface area contributed by atoms with Gasteiger partial charge in [0.25, 0.3) is 0 Å². The van der Waals surface area contributed by atoms with Gasteiger partial charge >= 0.3 is 5.97 Å². The molecule has 4 rings (SSSR count). The fourth-order valence-electron chi connectivity index (χ4n) is 3.51. The van der Waals surface area contributed by atoms with Crippen molar-refractivity contribution < 1.29 is 14.3 Å². The van der Waals surface area contributed by atoms with Gasteiger partial charge in [-0.3, -0.25) is 0 Å². The second-order valence-corrected chi connectivity index (χ2v) is 6.97. The van der Waals surface area contributed by atoms with Crippen LogP contribution >= 0.6 is 0 Å². The molecule has 1 fully saturated rings. The summed E-state index contributed by atoms with van der Waals surface area (Å²) in [6, 6.07) is 15.9. The molecule has 1 atom stereocenters. The molecule has 29 heavy (non-hydrogen) atoms. The monoisotopic (exact) mass is 392 g/mol. The average molecular weight is 392 g/mol. The lowest BCUT2D eigenvalue weighted by atomic mass is 10.1. The third-order valence-electron chi connectivity index (χ3n) is 5.07. The van der Waals surface area contributed by atoms with Gasteiger partial charge in [-0.2, -0.15) is 0 Å². The van der Waals surface area contributed by atoms with E-state index in [0.717, 1.165) is 29.9 Å². The number of rotatable bonds is 6. The number of methoxy groups -OCH3 is 1. The number of esters is 1. The first-order valence-electron chi connectivity index (χ1n) is 9.72. The lowest BCUT2D eigenvalue weighted by Gasteiger charge is -2.23. The third-order valence-corrected chi connectivity index (χ3v) is 5.07. The highest BCUT2D eigenvalue weighted by Crippen LogP contribution is 2.31. The summed E-state index contributed by atoms with van der Waals surface area (Å²) < 4.78 is 12.5. The molecule has 150 valence electrons. The molecular formula is C22H24N4O3. The van der Waals surface area contributed by atoms with Crippen LogP contribution in [0.5, 0.6) is 0 Å². The number of aromatic nitrogens is 3. The molecule has 0 amide bonds. The van der Waals surface area contributed by atoms with Crippen molar-refractivity contribution in [2.75, 3.05) is 25.2 Å². The number of benzene rings is 2. The molecule has 0 aliphatic carbocycles. The van der Waals surface area contributed by atoms with E-state index in [0.29, 0.717) is 18.7 Å². The number of carbonyl (C=O) groups is 1. The SMILES string of the molecule is CCc1ccc(N2CCOC2c2cn(Cc3cccc(C(=O)OC)c3)nn2)cc1.